The number of rotatable bonds is 7. The van der Waals surface area contributed by atoms with Gasteiger partial charge in [0.2, 0.25) is 5.91 Å². The van der Waals surface area contributed by atoms with Crippen molar-refractivity contribution < 1.29 is 17.4 Å². The Bertz CT molecular complexity index is 1520. The Morgan fingerprint density at radius 2 is 1.78 bits per heavy atom. The molecule has 192 valence electrons. The van der Waals surface area contributed by atoms with Crippen molar-refractivity contribution >= 4 is 32.7 Å². The van der Waals surface area contributed by atoms with Gasteiger partial charge in [-0.3, -0.25) is 14.1 Å². The van der Waals surface area contributed by atoms with Crippen molar-refractivity contribution in [2.45, 2.75) is 31.3 Å². The van der Waals surface area contributed by atoms with E-state index in [4.69, 9.17) is 4.18 Å². The fourth-order valence-corrected chi connectivity index (χ4v) is 5.43. The lowest BCUT2D eigenvalue weighted by atomic mass is 9.96. The Morgan fingerprint density at radius 1 is 1.05 bits per heavy atom. The highest BCUT2D eigenvalue weighted by atomic mass is 32.2. The molecule has 2 heterocycles. The van der Waals surface area contributed by atoms with Crippen molar-refractivity contribution in [3.8, 4) is 11.1 Å². The van der Waals surface area contributed by atoms with Crippen molar-refractivity contribution in [3.63, 3.8) is 0 Å². The molecule has 2 N–H and O–H groups in total. The summed E-state index contributed by atoms with van der Waals surface area (Å²) in [5, 5.41) is 11.2. The minimum absolute atomic E-state index is 0.000773. The molecule has 1 aromatic heterocycles. The lowest BCUT2D eigenvalue weighted by molar-refractivity contribution is -0.121. The molecular weight excluding hydrogens is 488 g/mol. The molecular formula is C28H30N4O4S. The average molecular weight is 519 g/mol. The Kier molecular flexibility index (Phi) is 7.10. The van der Waals surface area contributed by atoms with E-state index in [0.717, 1.165) is 59.1 Å². The highest BCUT2D eigenvalue weighted by Gasteiger charge is 2.24. The summed E-state index contributed by atoms with van der Waals surface area (Å²) < 4.78 is 30.5. The molecule has 1 amide bonds. The van der Waals surface area contributed by atoms with Crippen LogP contribution in [0, 0.1) is 12.8 Å². The molecule has 0 unspecified atom stereocenters. The molecule has 1 aliphatic heterocycles. The van der Waals surface area contributed by atoms with Crippen LogP contribution in [-0.2, 0) is 25.7 Å². The predicted molar refractivity (Wildman–Crippen MR) is 144 cm³/mol. The fraction of sp³-hybridized carbons (Fsp3) is 0.286. The van der Waals surface area contributed by atoms with Crippen LogP contribution in [0.25, 0.3) is 22.0 Å². The van der Waals surface area contributed by atoms with Crippen LogP contribution in [0.1, 0.15) is 24.0 Å². The van der Waals surface area contributed by atoms with E-state index < -0.39 is 10.1 Å². The van der Waals surface area contributed by atoms with Gasteiger partial charge in [-0.25, -0.2) is 0 Å². The number of nitrogens with zero attached hydrogens (tertiary/aromatic N) is 2. The van der Waals surface area contributed by atoms with Crippen molar-refractivity contribution in [1.82, 2.24) is 15.1 Å². The SMILES string of the molecule is Cc1ccc(S(=O)(=O)OCc2cccc(-c3ccc4[nH]nc(NC(=O)C5CCN(C)CC5)c4c3)c2)cc1. The van der Waals surface area contributed by atoms with Crippen molar-refractivity contribution in [2.24, 2.45) is 5.92 Å². The maximum atomic E-state index is 12.8. The summed E-state index contributed by atoms with van der Waals surface area (Å²) in [6.45, 7) is 3.65. The van der Waals surface area contributed by atoms with Gasteiger partial charge in [0.15, 0.2) is 5.82 Å². The molecule has 1 saturated heterocycles. The van der Waals surface area contributed by atoms with Crippen LogP contribution in [0.4, 0.5) is 5.82 Å². The zero-order valence-corrected chi connectivity index (χ0v) is 21.7. The Morgan fingerprint density at radius 3 is 2.54 bits per heavy atom. The second kappa shape index (κ2) is 10.5. The smallest absolute Gasteiger partial charge is 0.297 e. The molecule has 1 aliphatic rings. The predicted octanol–water partition coefficient (Wildman–Crippen LogP) is 4.72. The largest absolute Gasteiger partial charge is 0.308 e. The zero-order chi connectivity index (χ0) is 26.0. The van der Waals surface area contributed by atoms with Crippen LogP contribution in [0.3, 0.4) is 0 Å². The lowest BCUT2D eigenvalue weighted by Crippen LogP contribution is -2.36. The van der Waals surface area contributed by atoms with E-state index in [9.17, 15) is 13.2 Å². The third-order valence-corrected chi connectivity index (χ3v) is 8.12. The van der Waals surface area contributed by atoms with E-state index in [-0.39, 0.29) is 23.3 Å². The molecule has 1 fully saturated rings. The van der Waals surface area contributed by atoms with Crippen LogP contribution < -0.4 is 5.32 Å². The minimum atomic E-state index is -3.86. The van der Waals surface area contributed by atoms with Gasteiger partial charge < -0.3 is 10.2 Å². The van der Waals surface area contributed by atoms with E-state index in [2.05, 4.69) is 27.5 Å². The number of H-pyrrole nitrogens is 1. The van der Waals surface area contributed by atoms with E-state index in [1.54, 1.807) is 24.3 Å². The van der Waals surface area contributed by atoms with Gasteiger partial charge in [-0.05, 0) is 86.9 Å². The number of amides is 1. The molecule has 0 aliphatic carbocycles. The molecule has 0 saturated carbocycles. The van der Waals surface area contributed by atoms with Gasteiger partial charge >= 0.3 is 0 Å². The van der Waals surface area contributed by atoms with Crippen LogP contribution in [-0.4, -0.2) is 49.6 Å². The van der Waals surface area contributed by atoms with Crippen LogP contribution in [0.2, 0.25) is 0 Å². The van der Waals surface area contributed by atoms with Gasteiger partial charge in [0.05, 0.1) is 17.0 Å². The maximum Gasteiger partial charge on any atom is 0.297 e. The zero-order valence-electron chi connectivity index (χ0n) is 20.9. The number of hydrogen-bond acceptors (Lipinski definition) is 6. The second-order valence-electron chi connectivity index (χ2n) is 9.63. The highest BCUT2D eigenvalue weighted by Crippen LogP contribution is 2.29. The van der Waals surface area contributed by atoms with E-state index in [0.29, 0.717) is 5.82 Å². The van der Waals surface area contributed by atoms with Crippen LogP contribution >= 0.6 is 0 Å². The molecule has 0 radical (unpaired) electrons. The molecule has 5 rings (SSSR count). The topological polar surface area (TPSA) is 104 Å². The third kappa shape index (κ3) is 5.74. The normalized spacial score (nSPS) is 15.2. The molecule has 0 spiro atoms. The summed E-state index contributed by atoms with van der Waals surface area (Å²) in [4.78, 5) is 15.2. The Hall–Kier alpha value is -3.53. The van der Waals surface area contributed by atoms with E-state index in [1.165, 1.54) is 0 Å². The molecule has 9 heteroatoms. The number of aromatic nitrogens is 2. The van der Waals surface area contributed by atoms with Gasteiger partial charge in [-0.1, -0.05) is 42.0 Å². The molecule has 0 bridgehead atoms. The molecule has 4 aromatic rings. The van der Waals surface area contributed by atoms with Gasteiger partial charge in [0, 0.05) is 11.3 Å². The summed E-state index contributed by atoms with van der Waals surface area (Å²) in [6, 6.07) is 20.0. The Balaban J connectivity index is 1.32. The fourth-order valence-electron chi connectivity index (χ4n) is 4.54. The second-order valence-corrected chi connectivity index (χ2v) is 11.2. The summed E-state index contributed by atoms with van der Waals surface area (Å²) in [6.07, 6.45) is 1.68. The number of hydrogen-bond donors (Lipinski definition) is 2. The first-order valence-electron chi connectivity index (χ1n) is 12.3. The summed E-state index contributed by atoms with van der Waals surface area (Å²) in [7, 11) is -1.79. The number of aromatic amines is 1. The molecule has 3 aromatic carbocycles. The number of aryl methyl sites for hydroxylation is 1. The van der Waals surface area contributed by atoms with Gasteiger partial charge in [-0.2, -0.15) is 13.5 Å². The van der Waals surface area contributed by atoms with Gasteiger partial charge in [0.1, 0.15) is 0 Å². The minimum Gasteiger partial charge on any atom is -0.308 e. The first-order chi connectivity index (χ1) is 17.8. The summed E-state index contributed by atoms with van der Waals surface area (Å²) >= 11 is 0. The molecule has 37 heavy (non-hydrogen) atoms. The van der Waals surface area contributed by atoms with Gasteiger partial charge in [0.25, 0.3) is 10.1 Å². The highest BCUT2D eigenvalue weighted by molar-refractivity contribution is 7.86. The number of anilines is 1. The molecule has 0 atom stereocenters. The first kappa shape index (κ1) is 25.1. The van der Waals surface area contributed by atoms with E-state index >= 15 is 0 Å². The monoisotopic (exact) mass is 518 g/mol. The number of piperidine rings is 1. The third-order valence-electron chi connectivity index (χ3n) is 6.84. The number of fused-ring (bicyclic) bond motifs is 1. The maximum absolute atomic E-state index is 12.8. The van der Waals surface area contributed by atoms with E-state index in [1.807, 2.05) is 49.4 Å². The van der Waals surface area contributed by atoms with Crippen molar-refractivity contribution in [2.75, 3.05) is 25.5 Å². The number of nitrogens with one attached hydrogen (secondary N) is 2. The van der Waals surface area contributed by atoms with Crippen LogP contribution in [0.5, 0.6) is 0 Å². The Labute approximate surface area is 216 Å². The summed E-state index contributed by atoms with van der Waals surface area (Å²) in [5.41, 5.74) is 4.37. The lowest BCUT2D eigenvalue weighted by Gasteiger charge is -2.27. The number of carbonyl (C=O) groups is 1. The molecule has 8 nitrogen and oxygen atoms in total. The van der Waals surface area contributed by atoms with Crippen molar-refractivity contribution in [3.05, 3.63) is 77.9 Å². The summed E-state index contributed by atoms with van der Waals surface area (Å²) in [5.74, 6) is 0.504. The van der Waals surface area contributed by atoms with Crippen molar-refractivity contribution in [1.29, 1.82) is 0 Å². The number of benzene rings is 3. The standard InChI is InChI=1S/C28H30N4O4S/c1-19-6-9-24(10-7-19)37(34,35)36-18-20-4-3-5-22(16-20)23-8-11-26-25(17-23)27(31-30-26)29-28(33)21-12-14-32(2)15-13-21/h3-11,16-17,21H,12-15,18H2,1-2H3,(H2,29,30,31,33). The number of likely N-dealkylation sites (tertiary alicyclic amines) is 1. The van der Waals surface area contributed by atoms with Crippen LogP contribution in [0.15, 0.2) is 71.6 Å². The first-order valence-corrected chi connectivity index (χ1v) is 13.7. The average Bonchev–Trinajstić information content (AvgIpc) is 3.30. The number of carbonyl (C=O) groups excluding carboxylic acids is 1. The van der Waals surface area contributed by atoms with Gasteiger partial charge in [-0.15, -0.1) is 0 Å². The quantitative estimate of drug-likeness (QED) is 0.343.